The van der Waals surface area contributed by atoms with Crippen molar-refractivity contribution in [2.24, 2.45) is 5.92 Å². The minimum atomic E-state index is -0.973. The highest BCUT2D eigenvalue weighted by molar-refractivity contribution is 5.64. The number of hydrogen-bond acceptors (Lipinski definition) is 1. The molecule has 1 unspecified atom stereocenters. The highest BCUT2D eigenvalue weighted by atomic mass is 16.4. The molecule has 0 aromatic rings. The summed E-state index contributed by atoms with van der Waals surface area (Å²) in [7, 11) is 0. The van der Waals surface area contributed by atoms with Gasteiger partial charge in [0.2, 0.25) is 0 Å². The van der Waals surface area contributed by atoms with Crippen molar-refractivity contribution >= 4 is 6.09 Å². The molecule has 0 saturated heterocycles. The molecule has 0 aromatic heterocycles. The van der Waals surface area contributed by atoms with E-state index in [0.717, 1.165) is 19.3 Å². The molecule has 0 bridgehead atoms. The van der Waals surface area contributed by atoms with E-state index in [9.17, 15) is 4.79 Å². The van der Waals surface area contributed by atoms with Crippen molar-refractivity contribution in [3.05, 3.63) is 0 Å². The second kappa shape index (κ2) is 7.48. The fraction of sp³-hybridized carbons (Fsp3) is 0.700. The van der Waals surface area contributed by atoms with Gasteiger partial charge in [-0.15, -0.1) is 5.92 Å². The number of amides is 1. The predicted octanol–water partition coefficient (Wildman–Crippen LogP) is 2.08. The third kappa shape index (κ3) is 7.20. The van der Waals surface area contributed by atoms with Crippen LogP contribution in [0.3, 0.4) is 0 Å². The average Bonchev–Trinajstić information content (AvgIpc) is 2.09. The Kier molecular flexibility index (Phi) is 6.80. The number of carbonyl (C=O) groups is 1. The van der Waals surface area contributed by atoms with E-state index in [2.05, 4.69) is 24.1 Å². The maximum absolute atomic E-state index is 10.2. The van der Waals surface area contributed by atoms with E-state index >= 15 is 0 Å². The molecule has 2 N–H and O–H groups in total. The molecule has 0 rings (SSSR count). The van der Waals surface area contributed by atoms with Crippen LogP contribution < -0.4 is 5.32 Å². The molecule has 0 saturated carbocycles. The number of unbranched alkanes of at least 4 members (excludes halogenated alkanes) is 1. The first-order valence-corrected chi connectivity index (χ1v) is 4.59. The number of hydrogen-bond donors (Lipinski definition) is 2. The fourth-order valence-electron chi connectivity index (χ4n) is 1.09. The van der Waals surface area contributed by atoms with Gasteiger partial charge in [-0.1, -0.05) is 25.7 Å². The molecule has 0 radical (unpaired) electrons. The maximum atomic E-state index is 10.2. The molecule has 0 fully saturated rings. The van der Waals surface area contributed by atoms with Gasteiger partial charge in [-0.2, -0.15) is 0 Å². The third-order valence-electron chi connectivity index (χ3n) is 1.75. The Morgan fingerprint density at radius 2 is 2.31 bits per heavy atom. The highest BCUT2D eigenvalue weighted by Gasteiger charge is 2.05. The molecule has 1 atom stereocenters. The Morgan fingerprint density at radius 1 is 1.62 bits per heavy atom. The van der Waals surface area contributed by atoms with Crippen molar-refractivity contribution < 1.29 is 9.90 Å². The standard InChI is InChI=1S/C10H17NO2/c1-3-5-7-9(6-4-2)8-11-10(12)13/h9,11H,3,5,7-8H2,1-2H3,(H,12,13). The molecular formula is C10H17NO2. The van der Waals surface area contributed by atoms with Crippen LogP contribution in [0.15, 0.2) is 0 Å². The Labute approximate surface area is 79.5 Å². The van der Waals surface area contributed by atoms with E-state index in [1.54, 1.807) is 6.92 Å². The maximum Gasteiger partial charge on any atom is 0.404 e. The molecule has 0 aromatic carbocycles. The number of carboxylic acid groups (broad SMARTS) is 1. The summed E-state index contributed by atoms with van der Waals surface area (Å²) in [6.45, 7) is 4.33. The van der Waals surface area contributed by atoms with Crippen LogP contribution in [0.5, 0.6) is 0 Å². The summed E-state index contributed by atoms with van der Waals surface area (Å²) in [5, 5.41) is 10.8. The van der Waals surface area contributed by atoms with Gasteiger partial charge in [0, 0.05) is 12.5 Å². The van der Waals surface area contributed by atoms with Gasteiger partial charge in [0.1, 0.15) is 0 Å². The lowest BCUT2D eigenvalue weighted by Gasteiger charge is -2.09. The minimum absolute atomic E-state index is 0.168. The van der Waals surface area contributed by atoms with E-state index in [0.29, 0.717) is 6.54 Å². The lowest BCUT2D eigenvalue weighted by Crippen LogP contribution is -2.27. The van der Waals surface area contributed by atoms with Gasteiger partial charge in [0.25, 0.3) is 0 Å². The van der Waals surface area contributed by atoms with E-state index in [4.69, 9.17) is 5.11 Å². The molecule has 0 heterocycles. The Balaban J connectivity index is 3.77. The highest BCUT2D eigenvalue weighted by Crippen LogP contribution is 2.06. The van der Waals surface area contributed by atoms with Gasteiger partial charge < -0.3 is 10.4 Å². The second-order valence-electron chi connectivity index (χ2n) is 2.92. The summed E-state index contributed by atoms with van der Waals surface area (Å²) in [5.74, 6) is 5.98. The summed E-state index contributed by atoms with van der Waals surface area (Å²) in [6, 6.07) is 0. The quantitative estimate of drug-likeness (QED) is 0.641. The van der Waals surface area contributed by atoms with Crippen molar-refractivity contribution in [1.82, 2.24) is 5.32 Å². The lowest BCUT2D eigenvalue weighted by molar-refractivity contribution is 0.193. The molecule has 13 heavy (non-hydrogen) atoms. The van der Waals surface area contributed by atoms with Gasteiger partial charge in [-0.05, 0) is 13.3 Å². The van der Waals surface area contributed by atoms with Crippen molar-refractivity contribution in [3.63, 3.8) is 0 Å². The number of nitrogens with one attached hydrogen (secondary N) is 1. The Bertz CT molecular complexity index is 203. The zero-order chi connectivity index (χ0) is 10.1. The SMILES string of the molecule is CC#CC(CCCC)CNC(=O)O. The first-order valence-electron chi connectivity index (χ1n) is 4.59. The summed E-state index contributed by atoms with van der Waals surface area (Å²) >= 11 is 0. The molecule has 74 valence electrons. The smallest absolute Gasteiger partial charge is 0.404 e. The van der Waals surface area contributed by atoms with Crippen LogP contribution in [0.4, 0.5) is 4.79 Å². The molecular weight excluding hydrogens is 166 g/mol. The second-order valence-corrected chi connectivity index (χ2v) is 2.92. The summed E-state index contributed by atoms with van der Waals surface area (Å²) in [5.41, 5.74) is 0. The van der Waals surface area contributed by atoms with Gasteiger partial charge in [-0.3, -0.25) is 0 Å². The topological polar surface area (TPSA) is 49.3 Å². The first-order chi connectivity index (χ1) is 6.20. The van der Waals surface area contributed by atoms with Gasteiger partial charge in [-0.25, -0.2) is 4.79 Å². The van der Waals surface area contributed by atoms with Crippen LogP contribution in [0, 0.1) is 17.8 Å². The van der Waals surface area contributed by atoms with Crippen molar-refractivity contribution in [2.45, 2.75) is 33.1 Å². The Morgan fingerprint density at radius 3 is 2.77 bits per heavy atom. The van der Waals surface area contributed by atoms with Gasteiger partial charge in [0.05, 0.1) is 0 Å². The van der Waals surface area contributed by atoms with Crippen LogP contribution >= 0.6 is 0 Å². The zero-order valence-corrected chi connectivity index (χ0v) is 8.26. The van der Waals surface area contributed by atoms with E-state index in [1.807, 2.05) is 0 Å². The molecule has 3 heteroatoms. The van der Waals surface area contributed by atoms with Crippen LogP contribution in [-0.2, 0) is 0 Å². The van der Waals surface area contributed by atoms with E-state index in [1.165, 1.54) is 0 Å². The monoisotopic (exact) mass is 183 g/mol. The summed E-state index contributed by atoms with van der Waals surface area (Å²) in [4.78, 5) is 10.2. The Hall–Kier alpha value is -1.17. The van der Waals surface area contributed by atoms with Gasteiger partial charge >= 0.3 is 6.09 Å². The number of rotatable bonds is 5. The zero-order valence-electron chi connectivity index (χ0n) is 8.26. The lowest BCUT2D eigenvalue weighted by atomic mass is 10.0. The van der Waals surface area contributed by atoms with Crippen molar-refractivity contribution in [2.75, 3.05) is 6.54 Å². The van der Waals surface area contributed by atoms with Crippen molar-refractivity contribution in [3.8, 4) is 11.8 Å². The van der Waals surface area contributed by atoms with E-state index in [-0.39, 0.29) is 5.92 Å². The van der Waals surface area contributed by atoms with Crippen LogP contribution in [0.1, 0.15) is 33.1 Å². The molecule has 0 aliphatic rings. The van der Waals surface area contributed by atoms with Crippen LogP contribution in [0.2, 0.25) is 0 Å². The van der Waals surface area contributed by atoms with Crippen LogP contribution in [-0.4, -0.2) is 17.7 Å². The van der Waals surface area contributed by atoms with E-state index < -0.39 is 6.09 Å². The first kappa shape index (κ1) is 11.8. The molecule has 0 spiro atoms. The van der Waals surface area contributed by atoms with Crippen molar-refractivity contribution in [1.29, 1.82) is 0 Å². The molecule has 0 aliphatic heterocycles. The molecule has 3 nitrogen and oxygen atoms in total. The normalized spacial score (nSPS) is 11.2. The minimum Gasteiger partial charge on any atom is -0.465 e. The molecule has 0 aliphatic carbocycles. The predicted molar refractivity (Wildman–Crippen MR) is 52.5 cm³/mol. The third-order valence-corrected chi connectivity index (χ3v) is 1.75. The largest absolute Gasteiger partial charge is 0.465 e. The fourth-order valence-corrected chi connectivity index (χ4v) is 1.09. The average molecular weight is 183 g/mol. The summed E-state index contributed by atoms with van der Waals surface area (Å²) in [6.07, 6.45) is 2.21. The molecule has 1 amide bonds. The van der Waals surface area contributed by atoms with Crippen LogP contribution in [0.25, 0.3) is 0 Å². The summed E-state index contributed by atoms with van der Waals surface area (Å²) < 4.78 is 0. The van der Waals surface area contributed by atoms with Gasteiger partial charge in [0.15, 0.2) is 0 Å².